The second-order valence-corrected chi connectivity index (χ2v) is 9.25. The van der Waals surface area contributed by atoms with Crippen LogP contribution in [0.4, 0.5) is 4.79 Å². The topological polar surface area (TPSA) is 66.8 Å². The van der Waals surface area contributed by atoms with Crippen molar-refractivity contribution < 1.29 is 19.4 Å². The quantitative estimate of drug-likeness (QED) is 0.656. The third kappa shape index (κ3) is 3.88. The van der Waals surface area contributed by atoms with E-state index in [1.807, 2.05) is 0 Å². The van der Waals surface area contributed by atoms with E-state index in [4.69, 9.17) is 39.5 Å². The number of carbonyl (C=O) groups is 2. The Morgan fingerprint density at radius 2 is 1.75 bits per heavy atom. The molecule has 28 heavy (non-hydrogen) atoms. The Morgan fingerprint density at radius 3 is 2.29 bits per heavy atom. The highest BCUT2D eigenvalue weighted by atomic mass is 35.5. The largest absolute Gasteiger partial charge is 0.480 e. The molecule has 0 bridgehead atoms. The van der Waals surface area contributed by atoms with E-state index in [9.17, 15) is 14.7 Å². The van der Waals surface area contributed by atoms with E-state index in [1.165, 1.54) is 12.1 Å². The van der Waals surface area contributed by atoms with Crippen LogP contribution in [-0.4, -0.2) is 40.8 Å². The minimum atomic E-state index is -1.43. The van der Waals surface area contributed by atoms with E-state index in [1.54, 1.807) is 37.8 Å². The highest BCUT2D eigenvalue weighted by Gasteiger charge is 2.46. The van der Waals surface area contributed by atoms with Gasteiger partial charge in [0.15, 0.2) is 0 Å². The van der Waals surface area contributed by atoms with Gasteiger partial charge >= 0.3 is 12.1 Å². The van der Waals surface area contributed by atoms with Crippen molar-refractivity contribution in [2.45, 2.75) is 38.2 Å². The van der Waals surface area contributed by atoms with Crippen LogP contribution in [0.2, 0.25) is 15.1 Å². The van der Waals surface area contributed by atoms with Crippen LogP contribution in [0.1, 0.15) is 32.8 Å². The van der Waals surface area contributed by atoms with Crippen LogP contribution in [0, 0.1) is 0 Å². The Balaban J connectivity index is 1.92. The maximum atomic E-state index is 12.4. The molecule has 1 aliphatic heterocycles. The van der Waals surface area contributed by atoms with Gasteiger partial charge in [0, 0.05) is 33.7 Å². The number of nitrogens with zero attached hydrogens (tertiary/aromatic N) is 1. The Bertz CT molecular complexity index is 894. The van der Waals surface area contributed by atoms with Crippen LogP contribution in [-0.2, 0) is 14.9 Å². The van der Waals surface area contributed by atoms with E-state index in [2.05, 4.69) is 0 Å². The number of halogens is 3. The Hall–Kier alpha value is -1.69. The molecule has 3 rings (SSSR count). The highest BCUT2D eigenvalue weighted by molar-refractivity contribution is 6.39. The van der Waals surface area contributed by atoms with E-state index in [0.29, 0.717) is 23.7 Å². The summed E-state index contributed by atoms with van der Waals surface area (Å²) in [6, 6.07) is 2.96. The molecular formula is C20H20Cl3NO4. The molecule has 1 N–H and O–H groups in total. The van der Waals surface area contributed by atoms with Gasteiger partial charge in [-0.05, 0) is 50.5 Å². The Labute approximate surface area is 178 Å². The molecule has 5 nitrogen and oxygen atoms in total. The molecule has 0 radical (unpaired) electrons. The lowest BCUT2D eigenvalue weighted by molar-refractivity contribution is -0.141. The second kappa shape index (κ2) is 7.29. The smallest absolute Gasteiger partial charge is 0.410 e. The van der Waals surface area contributed by atoms with Crippen molar-refractivity contribution in [1.82, 2.24) is 4.90 Å². The number of carbonyl (C=O) groups excluding carboxylic acids is 1. The van der Waals surface area contributed by atoms with Crippen molar-refractivity contribution in [1.29, 1.82) is 0 Å². The fourth-order valence-corrected chi connectivity index (χ4v) is 4.69. The molecule has 0 saturated heterocycles. The van der Waals surface area contributed by atoms with Gasteiger partial charge < -0.3 is 9.84 Å². The summed E-state index contributed by atoms with van der Waals surface area (Å²) < 4.78 is 5.43. The number of hydrogen-bond donors (Lipinski definition) is 1. The number of rotatable bonds is 2. The molecule has 1 heterocycles. The summed E-state index contributed by atoms with van der Waals surface area (Å²) in [4.78, 5) is 26.3. The molecule has 1 atom stereocenters. The zero-order valence-electron chi connectivity index (χ0n) is 15.7. The first kappa shape index (κ1) is 21.0. The van der Waals surface area contributed by atoms with Crippen molar-refractivity contribution in [3.05, 3.63) is 56.1 Å². The third-order valence-electron chi connectivity index (χ3n) is 4.74. The van der Waals surface area contributed by atoms with Crippen molar-refractivity contribution in [3.63, 3.8) is 0 Å². The number of ether oxygens (including phenoxy) is 1. The van der Waals surface area contributed by atoms with E-state index >= 15 is 0 Å². The Kier molecular flexibility index (Phi) is 5.47. The molecule has 1 aliphatic carbocycles. The first-order chi connectivity index (χ1) is 12.9. The van der Waals surface area contributed by atoms with E-state index < -0.39 is 23.1 Å². The summed E-state index contributed by atoms with van der Waals surface area (Å²) in [5.41, 5.74) is 0.0141. The number of aliphatic carboxylic acids is 1. The second-order valence-electron chi connectivity index (χ2n) is 8.00. The number of benzene rings is 1. The normalized spacial score (nSPS) is 21.7. The molecule has 1 amide bonds. The molecule has 1 aromatic carbocycles. The highest BCUT2D eigenvalue weighted by Crippen LogP contribution is 2.46. The molecule has 0 saturated carbocycles. The average Bonchev–Trinajstić information content (AvgIpc) is 2.95. The summed E-state index contributed by atoms with van der Waals surface area (Å²) in [6.07, 6.45) is 3.06. The standard InChI is InChI=1S/C20H20Cl3NO4/c1-19(2,3)28-18(27)24-9-11-4-5-20(17(25)26,8-12(11)10-24)16-14(22)6-13(21)7-15(16)23/h4-7H,8-10H2,1-3H3,(H,25,26). The molecule has 0 fully saturated rings. The van der Waals surface area contributed by atoms with Gasteiger partial charge in [-0.15, -0.1) is 0 Å². The van der Waals surface area contributed by atoms with Crippen LogP contribution in [0.15, 0.2) is 35.4 Å². The van der Waals surface area contributed by atoms with Gasteiger partial charge in [0.25, 0.3) is 0 Å². The van der Waals surface area contributed by atoms with E-state index in [-0.39, 0.29) is 16.5 Å². The van der Waals surface area contributed by atoms with Gasteiger partial charge in [-0.1, -0.05) is 47.0 Å². The SMILES string of the molecule is CC(C)(C)OC(=O)N1CC2=C(C1)CC(C(=O)O)(c1c(Cl)cc(Cl)cc1Cl)C=C2. The summed E-state index contributed by atoms with van der Waals surface area (Å²) in [6.45, 7) is 6.07. The lowest BCUT2D eigenvalue weighted by Crippen LogP contribution is -2.37. The number of hydrogen-bond acceptors (Lipinski definition) is 3. The van der Waals surface area contributed by atoms with Crippen LogP contribution >= 0.6 is 34.8 Å². The summed E-state index contributed by atoms with van der Waals surface area (Å²) >= 11 is 18.6. The first-order valence-corrected chi connectivity index (χ1v) is 9.83. The third-order valence-corrected chi connectivity index (χ3v) is 5.56. The van der Waals surface area contributed by atoms with Crippen molar-refractivity contribution in [2.75, 3.05) is 13.1 Å². The molecule has 8 heteroatoms. The number of amides is 1. The first-order valence-electron chi connectivity index (χ1n) is 8.69. The minimum absolute atomic E-state index is 0.161. The molecular weight excluding hydrogens is 425 g/mol. The monoisotopic (exact) mass is 443 g/mol. The van der Waals surface area contributed by atoms with Crippen LogP contribution < -0.4 is 0 Å². The van der Waals surface area contributed by atoms with Crippen molar-refractivity contribution >= 4 is 46.9 Å². The number of carboxylic acid groups (broad SMARTS) is 1. The molecule has 2 aliphatic rings. The maximum absolute atomic E-state index is 12.4. The van der Waals surface area contributed by atoms with E-state index in [0.717, 1.165) is 11.1 Å². The van der Waals surface area contributed by atoms with Gasteiger partial charge in [-0.3, -0.25) is 9.69 Å². The summed E-state index contributed by atoms with van der Waals surface area (Å²) in [5, 5.41) is 10.8. The minimum Gasteiger partial charge on any atom is -0.480 e. The van der Waals surface area contributed by atoms with Gasteiger partial charge in [0.1, 0.15) is 11.0 Å². The maximum Gasteiger partial charge on any atom is 0.410 e. The average molecular weight is 445 g/mol. The van der Waals surface area contributed by atoms with Gasteiger partial charge in [0.2, 0.25) is 0 Å². The van der Waals surface area contributed by atoms with Gasteiger partial charge in [-0.25, -0.2) is 4.79 Å². The predicted molar refractivity (Wildman–Crippen MR) is 109 cm³/mol. The lowest BCUT2D eigenvalue weighted by Gasteiger charge is -2.32. The fraction of sp³-hybridized carbons (Fsp3) is 0.400. The van der Waals surface area contributed by atoms with Gasteiger partial charge in [-0.2, -0.15) is 0 Å². The van der Waals surface area contributed by atoms with Gasteiger partial charge in [0.05, 0.1) is 0 Å². The van der Waals surface area contributed by atoms with Crippen LogP contribution in [0.5, 0.6) is 0 Å². The zero-order valence-corrected chi connectivity index (χ0v) is 18.0. The molecule has 1 aromatic rings. The van der Waals surface area contributed by atoms with Crippen molar-refractivity contribution in [3.8, 4) is 0 Å². The van der Waals surface area contributed by atoms with Crippen LogP contribution in [0.25, 0.3) is 0 Å². The molecule has 0 aromatic heterocycles. The zero-order chi connectivity index (χ0) is 20.9. The van der Waals surface area contributed by atoms with Crippen molar-refractivity contribution in [2.24, 2.45) is 0 Å². The summed E-state index contributed by atoms with van der Waals surface area (Å²) in [7, 11) is 0. The van der Waals surface area contributed by atoms with Crippen LogP contribution in [0.3, 0.4) is 0 Å². The predicted octanol–water partition coefficient (Wildman–Crippen LogP) is 5.48. The number of carboxylic acids is 1. The lowest BCUT2D eigenvalue weighted by atomic mass is 9.72. The molecule has 1 unspecified atom stereocenters. The molecule has 150 valence electrons. The Morgan fingerprint density at radius 1 is 1.14 bits per heavy atom. The summed E-state index contributed by atoms with van der Waals surface area (Å²) in [5.74, 6) is -1.07. The fourth-order valence-electron chi connectivity index (χ4n) is 3.53. The molecule has 0 spiro atoms.